The lowest BCUT2D eigenvalue weighted by atomic mass is 9.94. The number of alkyl carbamates (subject to hydrolysis) is 1. The maximum Gasteiger partial charge on any atom is 0.433 e. The number of rotatable bonds is 15. The van der Waals surface area contributed by atoms with E-state index in [1.807, 2.05) is 63.2 Å². The number of nitrogens with zero attached hydrogens (tertiary/aromatic N) is 5. The number of benzene rings is 2. The van der Waals surface area contributed by atoms with Crippen molar-refractivity contribution < 1.29 is 51.9 Å². The molecule has 0 radical (unpaired) electrons. The molecule has 0 saturated carbocycles. The largest absolute Gasteiger partial charge is 0.494 e. The molecule has 2 aromatic carbocycles. The van der Waals surface area contributed by atoms with Gasteiger partial charge >= 0.3 is 12.3 Å². The molecule has 4 aromatic rings. The van der Waals surface area contributed by atoms with Gasteiger partial charge in [0.15, 0.2) is 6.10 Å². The number of aliphatic hydroxyl groups is 2. The maximum atomic E-state index is 13.3. The number of unbranched alkanes of at least 4 members (excludes halogenated alkanes) is 1. The summed E-state index contributed by atoms with van der Waals surface area (Å²) in [6.45, 7) is 10.8. The minimum atomic E-state index is -4.68. The van der Waals surface area contributed by atoms with Gasteiger partial charge in [0.05, 0.1) is 28.5 Å². The van der Waals surface area contributed by atoms with Gasteiger partial charge in [-0.1, -0.05) is 17.3 Å². The summed E-state index contributed by atoms with van der Waals surface area (Å²) in [6, 6.07) is 16.8. The number of aromatic nitrogens is 4. The first kappa shape index (κ1) is 45.3. The van der Waals surface area contributed by atoms with Gasteiger partial charge in [-0.05, 0) is 137 Å². The van der Waals surface area contributed by atoms with Crippen LogP contribution in [0.15, 0.2) is 66.9 Å². The second-order valence-corrected chi connectivity index (χ2v) is 17.1. The van der Waals surface area contributed by atoms with Gasteiger partial charge in [0.2, 0.25) is 5.88 Å². The van der Waals surface area contributed by atoms with Crippen molar-refractivity contribution in [3.63, 3.8) is 0 Å². The number of ether oxygens (including phenoxy) is 5. The molecule has 1 amide bonds. The van der Waals surface area contributed by atoms with Crippen molar-refractivity contribution in [3.05, 3.63) is 87.4 Å². The van der Waals surface area contributed by atoms with E-state index in [0.717, 1.165) is 78.1 Å². The molecule has 14 nitrogen and oxygen atoms in total. The highest BCUT2D eigenvalue weighted by Gasteiger charge is 2.47. The van der Waals surface area contributed by atoms with Crippen molar-refractivity contribution in [2.45, 2.75) is 108 Å². The first-order valence-electron chi connectivity index (χ1n) is 20.0. The first-order chi connectivity index (χ1) is 28.5. The lowest BCUT2D eigenvalue weighted by Crippen LogP contribution is -2.55. The molecule has 3 N–H and O–H groups in total. The SMILES string of the molecule is C[C@H]1O[C@H](c2cn(C3CCN(CCCCOc4ccc(Oc5ccc(CCNC(=O)OC(C)(C)C)cc5I)cc4)CC3)nn2)[C@H](Oc2cccc(C(F)(F)F)n2)[C@@H](O)[C@H]1O. The van der Waals surface area contributed by atoms with Crippen LogP contribution in [0.2, 0.25) is 0 Å². The minimum Gasteiger partial charge on any atom is -0.494 e. The fourth-order valence-electron chi connectivity index (χ4n) is 6.96. The Hall–Kier alpha value is -4.24. The number of hydrogen-bond acceptors (Lipinski definition) is 12. The summed E-state index contributed by atoms with van der Waals surface area (Å²) in [4.78, 5) is 17.9. The number of carbonyl (C=O) groups is 1. The summed E-state index contributed by atoms with van der Waals surface area (Å²) < 4.78 is 71.7. The molecular formula is C42H52F3IN6O8. The Morgan fingerprint density at radius 1 is 1.00 bits per heavy atom. The zero-order valence-corrected chi connectivity index (χ0v) is 36.1. The van der Waals surface area contributed by atoms with E-state index in [4.69, 9.17) is 23.7 Å². The van der Waals surface area contributed by atoms with E-state index >= 15 is 0 Å². The maximum absolute atomic E-state index is 13.3. The Bertz CT molecular complexity index is 2010. The number of amides is 1. The third-order valence-corrected chi connectivity index (χ3v) is 11.0. The number of hydrogen-bond donors (Lipinski definition) is 3. The summed E-state index contributed by atoms with van der Waals surface area (Å²) in [6.07, 6.45) is -5.13. The molecule has 2 aliphatic rings. The summed E-state index contributed by atoms with van der Waals surface area (Å²) >= 11 is 2.25. The van der Waals surface area contributed by atoms with Crippen LogP contribution >= 0.6 is 22.6 Å². The van der Waals surface area contributed by atoms with Crippen LogP contribution in [0.3, 0.4) is 0 Å². The van der Waals surface area contributed by atoms with E-state index in [0.29, 0.717) is 31.0 Å². The summed E-state index contributed by atoms with van der Waals surface area (Å²) in [5, 5.41) is 32.8. The Morgan fingerprint density at radius 2 is 1.73 bits per heavy atom. The van der Waals surface area contributed by atoms with Crippen molar-refractivity contribution in [1.82, 2.24) is 30.2 Å². The Balaban J connectivity index is 0.901. The van der Waals surface area contributed by atoms with Crippen LogP contribution in [0.25, 0.3) is 0 Å². The molecule has 2 aromatic heterocycles. The van der Waals surface area contributed by atoms with Gasteiger partial charge in [-0.2, -0.15) is 13.2 Å². The second-order valence-electron chi connectivity index (χ2n) is 16.0. The number of pyridine rings is 1. The normalized spacial score (nSPS) is 21.7. The van der Waals surface area contributed by atoms with Crippen LogP contribution in [0.1, 0.15) is 82.5 Å². The minimum absolute atomic E-state index is 0.0708. The fraction of sp³-hybridized carbons (Fsp3) is 0.524. The van der Waals surface area contributed by atoms with Gasteiger partial charge < -0.3 is 44.1 Å². The molecule has 326 valence electrons. The molecule has 0 bridgehead atoms. The topological polar surface area (TPSA) is 163 Å². The third kappa shape index (κ3) is 12.7. The van der Waals surface area contributed by atoms with E-state index in [2.05, 4.69) is 48.1 Å². The number of likely N-dealkylation sites (tertiary alicyclic amines) is 1. The van der Waals surface area contributed by atoms with Gasteiger partial charge in [0.25, 0.3) is 0 Å². The smallest absolute Gasteiger partial charge is 0.433 e. The van der Waals surface area contributed by atoms with E-state index in [-0.39, 0.29) is 11.9 Å². The molecule has 18 heteroatoms. The number of aliphatic hydroxyl groups excluding tert-OH is 2. The predicted octanol–water partition coefficient (Wildman–Crippen LogP) is 7.28. The van der Waals surface area contributed by atoms with Crippen molar-refractivity contribution in [2.75, 3.05) is 32.8 Å². The van der Waals surface area contributed by atoms with Crippen molar-refractivity contribution in [3.8, 4) is 23.1 Å². The number of piperidine rings is 1. The van der Waals surface area contributed by atoms with Crippen LogP contribution in [0.4, 0.5) is 18.0 Å². The van der Waals surface area contributed by atoms with E-state index < -0.39 is 54.1 Å². The molecule has 0 unspecified atom stereocenters. The molecule has 60 heavy (non-hydrogen) atoms. The molecule has 0 spiro atoms. The summed E-state index contributed by atoms with van der Waals surface area (Å²) in [7, 11) is 0. The third-order valence-electron chi connectivity index (χ3n) is 10.1. The Labute approximate surface area is 360 Å². The molecule has 6 rings (SSSR count). The van der Waals surface area contributed by atoms with Crippen LogP contribution < -0.4 is 19.5 Å². The zero-order valence-electron chi connectivity index (χ0n) is 34.0. The molecular weight excluding hydrogens is 900 g/mol. The highest BCUT2D eigenvalue weighted by molar-refractivity contribution is 14.1. The van der Waals surface area contributed by atoms with Crippen molar-refractivity contribution in [2.24, 2.45) is 0 Å². The van der Waals surface area contributed by atoms with Crippen LogP contribution in [-0.2, 0) is 22.1 Å². The average molecular weight is 953 g/mol. The average Bonchev–Trinajstić information content (AvgIpc) is 3.69. The standard InChI is InChI=1S/C42H52F3IN6O8/c1-26-36(53)37(54)39(59-35-9-7-8-34(48-35)42(43,44)45)38(57-26)32-25-52(50-49-32)28-17-21-51(22-18-28)20-5-6-23-56-29-11-13-30(14-12-29)58-33-15-10-27(24-31(33)46)16-19-47-40(55)60-41(2,3)4/h7-15,24-26,28,36-39,53-54H,5-6,16-23H2,1-4H3,(H,47,55)/t26-,36+,37+,38-,39-/m1/s1. The van der Waals surface area contributed by atoms with Crippen LogP contribution in [0.5, 0.6) is 23.1 Å². The van der Waals surface area contributed by atoms with Gasteiger partial charge in [-0.25, -0.2) is 14.5 Å². The van der Waals surface area contributed by atoms with Crippen molar-refractivity contribution >= 4 is 28.7 Å². The number of halogens is 4. The highest BCUT2D eigenvalue weighted by atomic mass is 127. The van der Waals surface area contributed by atoms with E-state index in [1.54, 1.807) is 17.8 Å². The Morgan fingerprint density at radius 3 is 2.43 bits per heavy atom. The second kappa shape index (κ2) is 20.1. The first-order valence-corrected chi connectivity index (χ1v) is 21.1. The summed E-state index contributed by atoms with van der Waals surface area (Å²) in [5.41, 5.74) is -0.271. The molecule has 2 fully saturated rings. The Kier molecular flexibility index (Phi) is 15.2. The number of alkyl halides is 3. The fourth-order valence-corrected chi connectivity index (χ4v) is 7.65. The molecule has 0 aliphatic carbocycles. The molecule has 2 aliphatic heterocycles. The number of carbonyl (C=O) groups excluding carboxylic acids is 1. The molecule has 4 heterocycles. The zero-order chi connectivity index (χ0) is 43.0. The van der Waals surface area contributed by atoms with Gasteiger partial charge in [0.1, 0.15) is 52.5 Å². The lowest BCUT2D eigenvalue weighted by molar-refractivity contribution is -0.214. The number of nitrogens with one attached hydrogen (secondary N) is 1. The van der Waals surface area contributed by atoms with Crippen LogP contribution in [0, 0.1) is 3.57 Å². The lowest BCUT2D eigenvalue weighted by Gasteiger charge is -2.40. The van der Waals surface area contributed by atoms with Crippen LogP contribution in [-0.4, -0.2) is 104 Å². The van der Waals surface area contributed by atoms with Gasteiger partial charge in [-0.15, -0.1) is 5.10 Å². The monoisotopic (exact) mass is 952 g/mol. The summed E-state index contributed by atoms with van der Waals surface area (Å²) in [5.74, 6) is 1.84. The molecule has 5 atom stereocenters. The van der Waals surface area contributed by atoms with Crippen molar-refractivity contribution in [1.29, 1.82) is 0 Å². The molecule has 2 saturated heterocycles. The quantitative estimate of drug-likeness (QED) is 0.0808. The highest BCUT2D eigenvalue weighted by Crippen LogP contribution is 2.36. The van der Waals surface area contributed by atoms with E-state index in [1.165, 1.54) is 6.07 Å². The van der Waals surface area contributed by atoms with Gasteiger partial charge in [0, 0.05) is 25.7 Å². The predicted molar refractivity (Wildman–Crippen MR) is 222 cm³/mol. The van der Waals surface area contributed by atoms with Gasteiger partial charge in [-0.3, -0.25) is 0 Å². The van der Waals surface area contributed by atoms with E-state index in [9.17, 15) is 28.2 Å².